The minimum atomic E-state index is -0.958. The summed E-state index contributed by atoms with van der Waals surface area (Å²) in [6.07, 6.45) is -0.672. The number of carboxylic acids is 1. The number of carbonyl (C=O) groups excluding carboxylic acids is 1. The number of aliphatic carboxylic acids is 1. The first-order valence-electron chi connectivity index (χ1n) is 6.19. The van der Waals surface area contributed by atoms with Crippen LogP contribution in [0.25, 0.3) is 0 Å². The fourth-order valence-electron chi connectivity index (χ4n) is 1.58. The maximum Gasteiger partial charge on any atom is 0.315 e. The average molecular weight is 276 g/mol. The molecule has 7 heteroatoms. The lowest BCUT2D eigenvalue weighted by Crippen LogP contribution is -2.52. The van der Waals surface area contributed by atoms with Crippen LogP contribution in [-0.2, 0) is 14.3 Å². The molecular weight excluding hydrogens is 252 g/mol. The molecule has 0 saturated heterocycles. The lowest BCUT2D eigenvalue weighted by Gasteiger charge is -2.26. The molecule has 0 rings (SSSR count). The highest BCUT2D eigenvalue weighted by atomic mass is 16.5. The molecule has 0 fully saturated rings. The third kappa shape index (κ3) is 9.26. The Morgan fingerprint density at radius 2 is 2.00 bits per heavy atom. The zero-order valence-electron chi connectivity index (χ0n) is 12.0. The summed E-state index contributed by atoms with van der Waals surface area (Å²) in [5, 5.41) is 14.0. The molecule has 0 aliphatic heterocycles. The maximum atomic E-state index is 11.6. The standard InChI is InChI=1S/C12H24N2O5/c1-5-19-9(6-10(15)16)7-13-11(17)14-12(2,3)8-18-4/h9H,5-8H2,1-4H3,(H,15,16)(H2,13,14,17). The highest BCUT2D eigenvalue weighted by molar-refractivity contribution is 5.75. The summed E-state index contributed by atoms with van der Waals surface area (Å²) in [5.41, 5.74) is -0.493. The number of hydrogen-bond donors (Lipinski definition) is 3. The van der Waals surface area contributed by atoms with Crippen molar-refractivity contribution in [3.63, 3.8) is 0 Å². The Morgan fingerprint density at radius 1 is 1.37 bits per heavy atom. The topological polar surface area (TPSA) is 96.9 Å². The van der Waals surface area contributed by atoms with Crippen LogP contribution in [0, 0.1) is 0 Å². The zero-order chi connectivity index (χ0) is 14.9. The lowest BCUT2D eigenvalue weighted by molar-refractivity contribution is -0.140. The van der Waals surface area contributed by atoms with Crippen LogP contribution >= 0.6 is 0 Å². The number of urea groups is 1. The van der Waals surface area contributed by atoms with Crippen molar-refractivity contribution in [1.29, 1.82) is 0 Å². The summed E-state index contributed by atoms with van der Waals surface area (Å²) in [6, 6.07) is -0.378. The van der Waals surface area contributed by atoms with E-state index in [-0.39, 0.29) is 19.0 Å². The number of carbonyl (C=O) groups is 2. The molecule has 0 aromatic rings. The van der Waals surface area contributed by atoms with Gasteiger partial charge in [-0.25, -0.2) is 4.79 Å². The number of rotatable bonds is 9. The summed E-state index contributed by atoms with van der Waals surface area (Å²) in [4.78, 5) is 22.3. The number of amides is 2. The predicted octanol–water partition coefficient (Wildman–Crippen LogP) is 0.590. The van der Waals surface area contributed by atoms with Crippen LogP contribution in [0.5, 0.6) is 0 Å². The van der Waals surface area contributed by atoms with Gasteiger partial charge in [-0.15, -0.1) is 0 Å². The molecule has 2 amide bonds. The molecule has 7 nitrogen and oxygen atoms in total. The van der Waals surface area contributed by atoms with Crippen LogP contribution in [0.1, 0.15) is 27.2 Å². The molecule has 0 aromatic heterocycles. The van der Waals surface area contributed by atoms with Crippen molar-refractivity contribution < 1.29 is 24.2 Å². The lowest BCUT2D eigenvalue weighted by atomic mass is 10.1. The van der Waals surface area contributed by atoms with Gasteiger partial charge >= 0.3 is 12.0 Å². The zero-order valence-corrected chi connectivity index (χ0v) is 12.0. The molecule has 0 aliphatic carbocycles. The van der Waals surface area contributed by atoms with Crippen molar-refractivity contribution in [3.8, 4) is 0 Å². The predicted molar refractivity (Wildman–Crippen MR) is 70.2 cm³/mol. The van der Waals surface area contributed by atoms with Gasteiger partial charge in [-0.3, -0.25) is 4.79 Å². The number of methoxy groups -OCH3 is 1. The van der Waals surface area contributed by atoms with Gasteiger partial charge in [0.05, 0.1) is 24.7 Å². The highest BCUT2D eigenvalue weighted by Gasteiger charge is 2.21. The molecule has 1 atom stereocenters. The van der Waals surface area contributed by atoms with E-state index >= 15 is 0 Å². The van der Waals surface area contributed by atoms with Crippen molar-refractivity contribution >= 4 is 12.0 Å². The van der Waals surface area contributed by atoms with E-state index in [1.54, 1.807) is 14.0 Å². The average Bonchev–Trinajstić information content (AvgIpc) is 2.24. The Kier molecular flexibility index (Phi) is 8.09. The van der Waals surface area contributed by atoms with Crippen LogP contribution in [-0.4, -0.2) is 55.6 Å². The van der Waals surface area contributed by atoms with Crippen LogP contribution in [0.3, 0.4) is 0 Å². The largest absolute Gasteiger partial charge is 0.481 e. The van der Waals surface area contributed by atoms with Gasteiger partial charge in [-0.05, 0) is 20.8 Å². The SMILES string of the molecule is CCOC(CNC(=O)NC(C)(C)COC)CC(=O)O. The van der Waals surface area contributed by atoms with E-state index in [1.807, 2.05) is 13.8 Å². The van der Waals surface area contributed by atoms with Gasteiger partial charge in [0.25, 0.3) is 0 Å². The van der Waals surface area contributed by atoms with E-state index in [2.05, 4.69) is 10.6 Å². The molecule has 0 bridgehead atoms. The number of hydrogen-bond acceptors (Lipinski definition) is 4. The second-order valence-electron chi connectivity index (χ2n) is 4.83. The first-order chi connectivity index (χ1) is 8.80. The van der Waals surface area contributed by atoms with E-state index in [4.69, 9.17) is 14.6 Å². The van der Waals surface area contributed by atoms with Crippen LogP contribution in [0.2, 0.25) is 0 Å². The fourth-order valence-corrected chi connectivity index (χ4v) is 1.58. The first-order valence-corrected chi connectivity index (χ1v) is 6.19. The van der Waals surface area contributed by atoms with Crippen LogP contribution < -0.4 is 10.6 Å². The molecule has 112 valence electrons. The van der Waals surface area contributed by atoms with Crippen molar-refractivity contribution in [2.75, 3.05) is 26.9 Å². The highest BCUT2D eigenvalue weighted by Crippen LogP contribution is 2.02. The summed E-state index contributed by atoms with van der Waals surface area (Å²) in [6.45, 7) is 6.35. The number of nitrogens with one attached hydrogen (secondary N) is 2. The Morgan fingerprint density at radius 3 is 2.47 bits per heavy atom. The fraction of sp³-hybridized carbons (Fsp3) is 0.833. The van der Waals surface area contributed by atoms with E-state index < -0.39 is 17.6 Å². The molecule has 0 radical (unpaired) electrons. The monoisotopic (exact) mass is 276 g/mol. The quantitative estimate of drug-likeness (QED) is 0.572. The van der Waals surface area contributed by atoms with Gasteiger partial charge in [0.2, 0.25) is 0 Å². The molecule has 19 heavy (non-hydrogen) atoms. The van der Waals surface area contributed by atoms with Gasteiger partial charge in [0.15, 0.2) is 0 Å². The summed E-state index contributed by atoms with van der Waals surface area (Å²) in [7, 11) is 1.55. The number of carboxylic acid groups (broad SMARTS) is 1. The summed E-state index contributed by atoms with van der Waals surface area (Å²) in [5.74, 6) is -0.958. The Labute approximate surface area is 113 Å². The summed E-state index contributed by atoms with van der Waals surface area (Å²) < 4.78 is 10.2. The second-order valence-corrected chi connectivity index (χ2v) is 4.83. The molecule has 3 N–H and O–H groups in total. The van der Waals surface area contributed by atoms with E-state index in [9.17, 15) is 9.59 Å². The first kappa shape index (κ1) is 17.7. The Balaban J connectivity index is 4.13. The Bertz CT molecular complexity index is 294. The molecule has 0 aromatic carbocycles. The molecule has 0 heterocycles. The second kappa shape index (κ2) is 8.71. The maximum absolute atomic E-state index is 11.6. The van der Waals surface area contributed by atoms with Gasteiger partial charge in [0.1, 0.15) is 0 Å². The van der Waals surface area contributed by atoms with Gasteiger partial charge in [-0.2, -0.15) is 0 Å². The third-order valence-corrected chi connectivity index (χ3v) is 2.25. The molecule has 0 spiro atoms. The minimum absolute atomic E-state index is 0.143. The Hall–Kier alpha value is -1.34. The van der Waals surface area contributed by atoms with E-state index in [0.717, 1.165) is 0 Å². The smallest absolute Gasteiger partial charge is 0.315 e. The van der Waals surface area contributed by atoms with Crippen molar-refractivity contribution in [1.82, 2.24) is 10.6 Å². The molecule has 1 unspecified atom stereocenters. The van der Waals surface area contributed by atoms with Gasteiger partial charge < -0.3 is 25.2 Å². The van der Waals surface area contributed by atoms with Crippen LogP contribution in [0.4, 0.5) is 4.79 Å². The van der Waals surface area contributed by atoms with Crippen molar-refractivity contribution in [3.05, 3.63) is 0 Å². The minimum Gasteiger partial charge on any atom is -0.481 e. The van der Waals surface area contributed by atoms with E-state index in [0.29, 0.717) is 13.2 Å². The van der Waals surface area contributed by atoms with Crippen molar-refractivity contribution in [2.45, 2.75) is 38.8 Å². The molecule has 0 saturated carbocycles. The van der Waals surface area contributed by atoms with E-state index in [1.165, 1.54) is 0 Å². The van der Waals surface area contributed by atoms with Gasteiger partial charge in [0, 0.05) is 20.3 Å². The summed E-state index contributed by atoms with van der Waals surface area (Å²) >= 11 is 0. The van der Waals surface area contributed by atoms with Gasteiger partial charge in [-0.1, -0.05) is 0 Å². The number of ether oxygens (including phenoxy) is 2. The molecular formula is C12H24N2O5. The van der Waals surface area contributed by atoms with Crippen molar-refractivity contribution in [2.24, 2.45) is 0 Å². The van der Waals surface area contributed by atoms with Crippen LogP contribution in [0.15, 0.2) is 0 Å². The molecule has 0 aliphatic rings. The third-order valence-electron chi connectivity index (χ3n) is 2.25. The normalized spacial score (nSPS) is 12.8.